The molecule has 1 saturated heterocycles. The number of piperazine rings is 1. The van der Waals surface area contributed by atoms with Crippen LogP contribution < -0.4 is 24.7 Å². The molecule has 0 unspecified atom stereocenters. The van der Waals surface area contributed by atoms with Gasteiger partial charge < -0.3 is 29.6 Å². The van der Waals surface area contributed by atoms with Gasteiger partial charge in [-0.3, -0.25) is 9.69 Å². The largest absolute Gasteiger partial charge is 0.492 e. The molecule has 1 aliphatic rings. The van der Waals surface area contributed by atoms with Crippen LogP contribution in [0.3, 0.4) is 0 Å². The minimum absolute atomic E-state index is 0. The lowest BCUT2D eigenvalue weighted by Gasteiger charge is -2.37. The normalized spacial score (nSPS) is 13.5. The molecule has 2 aromatic carbocycles. The number of amides is 1. The molecule has 0 radical (unpaired) electrons. The summed E-state index contributed by atoms with van der Waals surface area (Å²) in [6.45, 7) is 7.87. The molecule has 1 fully saturated rings. The number of hydrogen-bond acceptors (Lipinski definition) is 7. The Morgan fingerprint density at radius 1 is 0.914 bits per heavy atom. The van der Waals surface area contributed by atoms with E-state index < -0.39 is 0 Å². The van der Waals surface area contributed by atoms with Gasteiger partial charge in [0.1, 0.15) is 5.75 Å². The van der Waals surface area contributed by atoms with E-state index in [-0.39, 0.29) is 30.7 Å². The Morgan fingerprint density at radius 3 is 1.97 bits per heavy atom. The van der Waals surface area contributed by atoms with Crippen LogP contribution in [0.15, 0.2) is 30.3 Å². The van der Waals surface area contributed by atoms with Crippen LogP contribution in [-0.4, -0.2) is 75.8 Å². The van der Waals surface area contributed by atoms with Gasteiger partial charge in [0, 0.05) is 38.3 Å². The Labute approximate surface area is 220 Å². The third-order valence-electron chi connectivity index (χ3n) is 5.92. The van der Waals surface area contributed by atoms with E-state index in [0.717, 1.165) is 25.1 Å². The molecule has 8 nitrogen and oxygen atoms in total. The fraction of sp³-hybridized carbons (Fsp3) is 0.480. The van der Waals surface area contributed by atoms with E-state index in [1.54, 1.807) is 6.07 Å². The molecule has 0 aliphatic carbocycles. The molecule has 0 spiro atoms. The second kappa shape index (κ2) is 14.2. The number of methoxy groups -OCH3 is 3. The second-order valence-electron chi connectivity index (χ2n) is 8.23. The van der Waals surface area contributed by atoms with E-state index in [4.69, 9.17) is 24.7 Å². The summed E-state index contributed by atoms with van der Waals surface area (Å²) in [6, 6.07) is 9.80. The summed E-state index contributed by atoms with van der Waals surface area (Å²) in [7, 11) is 4.56. The topological polar surface area (TPSA) is 86.5 Å². The maximum absolute atomic E-state index is 13.5. The number of nitrogens with two attached hydrogens (primary N) is 1. The quantitative estimate of drug-likeness (QED) is 0.524. The molecule has 2 aromatic rings. The highest BCUT2D eigenvalue weighted by Gasteiger charge is 2.30. The number of hydrogen-bond donors (Lipinski definition) is 1. The number of nitrogens with zero attached hydrogens (tertiary/aromatic N) is 2. The maximum atomic E-state index is 13.5. The summed E-state index contributed by atoms with van der Waals surface area (Å²) in [5.74, 6) is 1.88. The summed E-state index contributed by atoms with van der Waals surface area (Å²) in [4.78, 5) is 17.7. The van der Waals surface area contributed by atoms with E-state index in [0.29, 0.717) is 60.0 Å². The summed E-state index contributed by atoms with van der Waals surface area (Å²) in [5, 5.41) is 0. The molecule has 0 aromatic heterocycles. The average Bonchev–Trinajstić information content (AvgIpc) is 2.84. The zero-order chi connectivity index (χ0) is 24.0. The molecule has 2 N–H and O–H groups in total. The van der Waals surface area contributed by atoms with Crippen LogP contribution in [0.2, 0.25) is 0 Å². The standard InChI is InChI=1S/C25H35N3O5.2ClH/c1-17(2)27-12-14-28(15-13-27)25(29)20-16-21(23(31-4)24(32-5)22(20)30-3)33-19-8-6-18(7-9-19)10-11-26;;/h6-9,16-17H,10-15,26H2,1-5H3;2*1H. The van der Waals surface area contributed by atoms with Crippen molar-refractivity contribution in [1.29, 1.82) is 0 Å². The van der Waals surface area contributed by atoms with Crippen molar-refractivity contribution in [2.45, 2.75) is 26.3 Å². The van der Waals surface area contributed by atoms with Crippen LogP contribution in [0.1, 0.15) is 29.8 Å². The lowest BCUT2D eigenvalue weighted by atomic mass is 10.1. The van der Waals surface area contributed by atoms with Gasteiger partial charge in [-0.25, -0.2) is 0 Å². The zero-order valence-corrected chi connectivity index (χ0v) is 22.7. The first-order valence-corrected chi connectivity index (χ1v) is 11.3. The third-order valence-corrected chi connectivity index (χ3v) is 5.92. The summed E-state index contributed by atoms with van der Waals surface area (Å²) < 4.78 is 22.9. The Kier molecular flexibility index (Phi) is 12.5. The fourth-order valence-electron chi connectivity index (χ4n) is 4.05. The Hall–Kier alpha value is -2.39. The molecule has 0 bridgehead atoms. The highest BCUT2D eigenvalue weighted by molar-refractivity contribution is 5.99. The summed E-state index contributed by atoms with van der Waals surface area (Å²) in [6.07, 6.45) is 0.794. The first kappa shape index (κ1) is 30.6. The van der Waals surface area contributed by atoms with Gasteiger partial charge in [-0.05, 0) is 44.5 Å². The Morgan fingerprint density at radius 2 is 1.49 bits per heavy atom. The van der Waals surface area contributed by atoms with Gasteiger partial charge in [0.2, 0.25) is 11.5 Å². The molecule has 1 amide bonds. The van der Waals surface area contributed by atoms with Gasteiger partial charge in [-0.1, -0.05) is 12.1 Å². The molecule has 0 saturated carbocycles. The van der Waals surface area contributed by atoms with E-state index >= 15 is 0 Å². The molecular weight excluding hydrogens is 493 g/mol. The zero-order valence-electron chi connectivity index (χ0n) is 21.0. The first-order chi connectivity index (χ1) is 15.9. The third kappa shape index (κ3) is 7.07. The molecule has 0 atom stereocenters. The van der Waals surface area contributed by atoms with Crippen LogP contribution >= 0.6 is 24.8 Å². The minimum atomic E-state index is -0.126. The lowest BCUT2D eigenvalue weighted by molar-refractivity contribution is 0.0591. The highest BCUT2D eigenvalue weighted by atomic mass is 35.5. The molecule has 3 rings (SSSR count). The van der Waals surface area contributed by atoms with Crippen molar-refractivity contribution < 1.29 is 23.7 Å². The van der Waals surface area contributed by atoms with Crippen LogP contribution in [0, 0.1) is 0 Å². The van der Waals surface area contributed by atoms with E-state index in [1.807, 2.05) is 29.2 Å². The molecule has 1 heterocycles. The molecule has 10 heteroatoms. The van der Waals surface area contributed by atoms with Crippen molar-refractivity contribution in [2.24, 2.45) is 5.73 Å². The van der Waals surface area contributed by atoms with E-state index in [9.17, 15) is 4.79 Å². The second-order valence-corrected chi connectivity index (χ2v) is 8.23. The van der Waals surface area contributed by atoms with E-state index in [2.05, 4.69) is 18.7 Å². The number of carbonyl (C=O) groups is 1. The predicted molar refractivity (Wildman–Crippen MR) is 142 cm³/mol. The van der Waals surface area contributed by atoms with Crippen LogP contribution in [0.5, 0.6) is 28.7 Å². The Balaban J connectivity index is 0.00000306. The van der Waals surface area contributed by atoms with E-state index in [1.165, 1.54) is 21.3 Å². The van der Waals surface area contributed by atoms with Crippen LogP contribution in [-0.2, 0) is 6.42 Å². The van der Waals surface area contributed by atoms with Crippen molar-refractivity contribution in [1.82, 2.24) is 9.80 Å². The van der Waals surface area contributed by atoms with Gasteiger partial charge >= 0.3 is 0 Å². The van der Waals surface area contributed by atoms with Gasteiger partial charge in [0.25, 0.3) is 5.91 Å². The maximum Gasteiger partial charge on any atom is 0.258 e. The van der Waals surface area contributed by atoms with Crippen molar-refractivity contribution in [2.75, 3.05) is 54.1 Å². The average molecular weight is 530 g/mol. The number of carbonyl (C=O) groups excluding carboxylic acids is 1. The van der Waals surface area contributed by atoms with Gasteiger partial charge in [-0.15, -0.1) is 24.8 Å². The van der Waals surface area contributed by atoms with Crippen molar-refractivity contribution in [3.8, 4) is 28.7 Å². The molecule has 1 aliphatic heterocycles. The predicted octanol–water partition coefficient (Wildman–Crippen LogP) is 4.02. The van der Waals surface area contributed by atoms with Gasteiger partial charge in [0.15, 0.2) is 11.5 Å². The summed E-state index contributed by atoms with van der Waals surface area (Å²) >= 11 is 0. The number of halogens is 2. The number of ether oxygens (including phenoxy) is 4. The van der Waals surface area contributed by atoms with Crippen LogP contribution in [0.4, 0.5) is 0 Å². The van der Waals surface area contributed by atoms with Crippen LogP contribution in [0.25, 0.3) is 0 Å². The molecule has 196 valence electrons. The highest BCUT2D eigenvalue weighted by Crippen LogP contribution is 2.48. The number of rotatable bonds is 9. The van der Waals surface area contributed by atoms with Crippen molar-refractivity contribution >= 4 is 30.7 Å². The molecule has 35 heavy (non-hydrogen) atoms. The SMILES string of the molecule is COc1c(Oc2ccc(CCN)cc2)cc(C(=O)N2CCN(C(C)C)CC2)c(OC)c1OC.Cl.Cl. The number of benzene rings is 2. The van der Waals surface area contributed by atoms with Crippen molar-refractivity contribution in [3.63, 3.8) is 0 Å². The monoisotopic (exact) mass is 529 g/mol. The van der Waals surface area contributed by atoms with Gasteiger partial charge in [0.05, 0.1) is 26.9 Å². The Bertz CT molecular complexity index is 949. The van der Waals surface area contributed by atoms with Crippen molar-refractivity contribution in [3.05, 3.63) is 41.5 Å². The fourth-order valence-corrected chi connectivity index (χ4v) is 4.05. The molecular formula is C25H37Cl2N3O5. The van der Waals surface area contributed by atoms with Gasteiger partial charge in [-0.2, -0.15) is 0 Å². The minimum Gasteiger partial charge on any atom is -0.492 e. The lowest BCUT2D eigenvalue weighted by Crippen LogP contribution is -2.50. The summed E-state index contributed by atoms with van der Waals surface area (Å²) in [5.41, 5.74) is 7.14. The smallest absolute Gasteiger partial charge is 0.258 e. The first-order valence-electron chi connectivity index (χ1n) is 11.3.